The predicted molar refractivity (Wildman–Crippen MR) is 138 cm³/mol. The molecule has 0 bridgehead atoms. The summed E-state index contributed by atoms with van der Waals surface area (Å²) < 4.78 is 6.91. The highest BCUT2D eigenvalue weighted by Crippen LogP contribution is 2.31. The van der Waals surface area contributed by atoms with Crippen LogP contribution in [0.3, 0.4) is 0 Å². The Morgan fingerprint density at radius 3 is 2.45 bits per heavy atom. The van der Waals surface area contributed by atoms with Crippen molar-refractivity contribution in [1.29, 1.82) is 0 Å². The summed E-state index contributed by atoms with van der Waals surface area (Å²) in [5.74, 6) is 0.589. The van der Waals surface area contributed by atoms with Crippen molar-refractivity contribution < 1.29 is 9.53 Å². The molecule has 0 aliphatic rings. The van der Waals surface area contributed by atoms with Crippen molar-refractivity contribution in [3.8, 4) is 5.75 Å². The average molecular weight is 457 g/mol. The summed E-state index contributed by atoms with van der Waals surface area (Å²) in [4.78, 5) is 16.9. The zero-order chi connectivity index (χ0) is 23.4. The molecule has 4 rings (SSSR count). The molecule has 0 unspecified atom stereocenters. The van der Waals surface area contributed by atoms with E-state index in [4.69, 9.17) is 4.74 Å². The predicted octanol–water partition coefficient (Wildman–Crippen LogP) is 7.13. The Labute approximate surface area is 199 Å². The topological polar surface area (TPSA) is 51.2 Å². The number of aryl methyl sites for hydroxylation is 1. The molecule has 1 amide bonds. The molecule has 0 radical (unpaired) electrons. The molecule has 4 aromatic rings. The third-order valence-corrected chi connectivity index (χ3v) is 6.25. The van der Waals surface area contributed by atoms with Crippen molar-refractivity contribution in [3.63, 3.8) is 0 Å². The molecule has 5 heteroatoms. The molecule has 168 valence electrons. The smallest absolute Gasteiger partial charge is 0.250 e. The largest absolute Gasteiger partial charge is 0.489 e. The van der Waals surface area contributed by atoms with Crippen molar-refractivity contribution in [1.82, 2.24) is 4.98 Å². The second-order valence-corrected chi connectivity index (χ2v) is 10.1. The molecule has 4 nitrogen and oxygen atoms in total. The Morgan fingerprint density at radius 1 is 1.03 bits per heavy atom. The summed E-state index contributed by atoms with van der Waals surface area (Å²) in [6.45, 7) is 9.15. The lowest BCUT2D eigenvalue weighted by Crippen LogP contribution is -2.10. The average Bonchev–Trinajstić information content (AvgIpc) is 3.19. The number of fused-ring (bicyclic) bond motifs is 1. The molecule has 0 aliphatic carbocycles. The van der Waals surface area contributed by atoms with Gasteiger partial charge < -0.3 is 4.74 Å². The van der Waals surface area contributed by atoms with Crippen LogP contribution < -0.4 is 10.1 Å². The highest BCUT2D eigenvalue weighted by Gasteiger charge is 2.15. The summed E-state index contributed by atoms with van der Waals surface area (Å²) in [6, 6.07) is 22.2. The normalized spacial score (nSPS) is 11.8. The van der Waals surface area contributed by atoms with Crippen molar-refractivity contribution >= 4 is 38.7 Å². The third-order valence-electron chi connectivity index (χ3n) is 5.32. The lowest BCUT2D eigenvalue weighted by Gasteiger charge is -2.18. The second kappa shape index (κ2) is 9.59. The molecule has 1 heterocycles. The van der Waals surface area contributed by atoms with Gasteiger partial charge in [-0.2, -0.15) is 0 Å². The van der Waals surface area contributed by atoms with Crippen LogP contribution in [-0.2, 0) is 16.8 Å². The van der Waals surface area contributed by atoms with E-state index in [0.29, 0.717) is 11.7 Å². The van der Waals surface area contributed by atoms with Crippen LogP contribution in [0.5, 0.6) is 5.75 Å². The van der Waals surface area contributed by atoms with Crippen LogP contribution in [0.25, 0.3) is 16.3 Å². The fourth-order valence-electron chi connectivity index (χ4n) is 3.29. The Kier molecular flexibility index (Phi) is 6.61. The Morgan fingerprint density at radius 2 is 1.76 bits per heavy atom. The van der Waals surface area contributed by atoms with Gasteiger partial charge in [0.05, 0.1) is 10.2 Å². The monoisotopic (exact) mass is 456 g/mol. The van der Waals surface area contributed by atoms with E-state index >= 15 is 0 Å². The number of rotatable bonds is 6. The highest BCUT2D eigenvalue weighted by atomic mass is 32.1. The van der Waals surface area contributed by atoms with Gasteiger partial charge in [0.2, 0.25) is 5.91 Å². The van der Waals surface area contributed by atoms with E-state index in [1.54, 1.807) is 6.08 Å². The molecule has 0 saturated carbocycles. The zero-order valence-electron chi connectivity index (χ0n) is 19.4. The fourth-order valence-corrected chi connectivity index (χ4v) is 4.20. The van der Waals surface area contributed by atoms with Gasteiger partial charge in [0.1, 0.15) is 12.4 Å². The number of aromatic nitrogens is 1. The van der Waals surface area contributed by atoms with E-state index < -0.39 is 0 Å². The first-order valence-corrected chi connectivity index (χ1v) is 11.8. The number of carbonyl (C=O) groups excluding carboxylic acids is 1. The van der Waals surface area contributed by atoms with Gasteiger partial charge in [0.25, 0.3) is 0 Å². The minimum atomic E-state index is -0.204. The lowest BCUT2D eigenvalue weighted by molar-refractivity contribution is -0.111. The van der Waals surface area contributed by atoms with Crippen LogP contribution >= 0.6 is 11.3 Å². The highest BCUT2D eigenvalue weighted by molar-refractivity contribution is 7.22. The molecule has 0 spiro atoms. The number of ether oxygens (including phenoxy) is 1. The molecule has 3 aromatic carbocycles. The summed E-state index contributed by atoms with van der Waals surface area (Å²) in [5.41, 5.74) is 5.51. The molecule has 1 aromatic heterocycles. The second-order valence-electron chi connectivity index (χ2n) is 9.12. The maximum atomic E-state index is 12.4. The molecule has 0 atom stereocenters. The van der Waals surface area contributed by atoms with Gasteiger partial charge in [-0.05, 0) is 59.4 Å². The van der Waals surface area contributed by atoms with Gasteiger partial charge in [-0.25, -0.2) is 4.98 Å². The maximum absolute atomic E-state index is 12.4. The van der Waals surface area contributed by atoms with Gasteiger partial charge in [-0.1, -0.05) is 80.1 Å². The van der Waals surface area contributed by atoms with E-state index in [-0.39, 0.29) is 11.3 Å². The first kappa shape index (κ1) is 22.7. The number of thiazole rings is 1. The third kappa shape index (κ3) is 6.08. The van der Waals surface area contributed by atoms with Crippen LogP contribution in [-0.4, -0.2) is 10.9 Å². The Balaban J connectivity index is 1.34. The van der Waals surface area contributed by atoms with Crippen LogP contribution in [0.4, 0.5) is 5.13 Å². The number of amides is 1. The van der Waals surface area contributed by atoms with Crippen molar-refractivity contribution in [2.24, 2.45) is 0 Å². The Hall–Kier alpha value is -3.44. The number of nitrogens with one attached hydrogen (secondary N) is 1. The molecule has 1 N–H and O–H groups in total. The standard InChI is InChI=1S/C28H28N2O2S/c1-19-5-7-21(8-6-19)18-32-23-13-9-20(10-14-23)11-16-26(31)30-27-29-24-15-12-22(28(2,3)4)17-25(24)33-27/h5-17H,18H2,1-4H3,(H,29,30,31)/b16-11+. The molecule has 0 fully saturated rings. The summed E-state index contributed by atoms with van der Waals surface area (Å²) in [5, 5.41) is 3.47. The minimum Gasteiger partial charge on any atom is -0.489 e. The van der Waals surface area contributed by atoms with Crippen molar-refractivity contribution in [2.75, 3.05) is 5.32 Å². The number of nitrogens with zero attached hydrogens (tertiary/aromatic N) is 1. The summed E-state index contributed by atoms with van der Waals surface area (Å²) in [7, 11) is 0. The van der Waals surface area contributed by atoms with E-state index in [2.05, 4.69) is 74.4 Å². The van der Waals surface area contributed by atoms with Gasteiger partial charge >= 0.3 is 0 Å². The van der Waals surface area contributed by atoms with Gasteiger partial charge in [-0.15, -0.1) is 0 Å². The summed E-state index contributed by atoms with van der Waals surface area (Å²) in [6.07, 6.45) is 3.30. The Bertz CT molecular complexity index is 1280. The van der Waals surface area contributed by atoms with Gasteiger partial charge in [0.15, 0.2) is 5.13 Å². The SMILES string of the molecule is Cc1ccc(COc2ccc(/C=C/C(=O)Nc3nc4ccc(C(C)(C)C)cc4s3)cc2)cc1. The van der Waals surface area contributed by atoms with E-state index in [1.807, 2.05) is 30.3 Å². The summed E-state index contributed by atoms with van der Waals surface area (Å²) >= 11 is 1.49. The number of hydrogen-bond acceptors (Lipinski definition) is 4. The molecule has 0 saturated heterocycles. The first-order valence-electron chi connectivity index (χ1n) is 10.9. The fraction of sp³-hybridized carbons (Fsp3) is 0.214. The molecular formula is C28H28N2O2S. The van der Waals surface area contributed by atoms with Gasteiger partial charge in [0, 0.05) is 6.08 Å². The van der Waals surface area contributed by atoms with E-state index in [1.165, 1.54) is 28.5 Å². The van der Waals surface area contributed by atoms with Gasteiger partial charge in [-0.3, -0.25) is 10.1 Å². The zero-order valence-corrected chi connectivity index (χ0v) is 20.2. The number of anilines is 1. The minimum absolute atomic E-state index is 0.0750. The van der Waals surface area contributed by atoms with Crippen molar-refractivity contribution in [3.05, 3.63) is 95.1 Å². The van der Waals surface area contributed by atoms with Crippen LogP contribution in [0.2, 0.25) is 0 Å². The van der Waals surface area contributed by atoms with Crippen LogP contribution in [0.1, 0.15) is 43.0 Å². The number of carbonyl (C=O) groups is 1. The lowest BCUT2D eigenvalue weighted by atomic mass is 9.87. The molecule has 0 aliphatic heterocycles. The first-order chi connectivity index (χ1) is 15.8. The molecule has 33 heavy (non-hydrogen) atoms. The van der Waals surface area contributed by atoms with Crippen LogP contribution in [0.15, 0.2) is 72.8 Å². The maximum Gasteiger partial charge on any atom is 0.250 e. The van der Waals surface area contributed by atoms with E-state index in [0.717, 1.165) is 27.1 Å². The number of benzene rings is 3. The van der Waals surface area contributed by atoms with Crippen molar-refractivity contribution in [2.45, 2.75) is 39.7 Å². The van der Waals surface area contributed by atoms with Crippen LogP contribution in [0, 0.1) is 6.92 Å². The quantitative estimate of drug-likeness (QED) is 0.314. The number of hydrogen-bond donors (Lipinski definition) is 1. The van der Waals surface area contributed by atoms with E-state index in [9.17, 15) is 4.79 Å². The molecular weight excluding hydrogens is 428 g/mol.